The summed E-state index contributed by atoms with van der Waals surface area (Å²) in [4.78, 5) is 10.4. The Kier molecular flexibility index (Phi) is 1.52. The van der Waals surface area contributed by atoms with Crippen LogP contribution in [0.25, 0.3) is 0 Å². The molecule has 0 aromatic rings. The fraction of sp³-hybridized carbons (Fsp3) is 0.875. The van der Waals surface area contributed by atoms with Crippen molar-refractivity contribution in [3.05, 3.63) is 0 Å². The molecule has 1 nitrogen and oxygen atoms in total. The van der Waals surface area contributed by atoms with Crippen molar-refractivity contribution in [2.24, 2.45) is 11.3 Å². The largest absolute Gasteiger partial charge is 0.303 e. The van der Waals surface area contributed by atoms with Crippen LogP contribution in [0.4, 0.5) is 0 Å². The molecule has 1 spiro atoms. The van der Waals surface area contributed by atoms with E-state index in [1.54, 1.807) is 0 Å². The highest BCUT2D eigenvalue weighted by Gasteiger charge is 2.53. The number of thioether (sulfide) groups is 1. The van der Waals surface area contributed by atoms with Crippen LogP contribution < -0.4 is 0 Å². The van der Waals surface area contributed by atoms with Gasteiger partial charge in [-0.1, -0.05) is 0 Å². The van der Waals surface area contributed by atoms with E-state index >= 15 is 0 Å². The van der Waals surface area contributed by atoms with E-state index < -0.39 is 0 Å². The van der Waals surface area contributed by atoms with Gasteiger partial charge in [0, 0.05) is 5.92 Å². The molecule has 2 rings (SSSR count). The molecule has 2 fully saturated rings. The Labute approximate surface area is 65.6 Å². The van der Waals surface area contributed by atoms with Crippen molar-refractivity contribution < 1.29 is 4.79 Å². The topological polar surface area (TPSA) is 17.1 Å². The molecule has 10 heavy (non-hydrogen) atoms. The van der Waals surface area contributed by atoms with Crippen LogP contribution >= 0.6 is 11.8 Å². The van der Waals surface area contributed by atoms with Gasteiger partial charge in [-0.05, 0) is 36.2 Å². The van der Waals surface area contributed by atoms with Gasteiger partial charge >= 0.3 is 0 Å². The van der Waals surface area contributed by atoms with Gasteiger partial charge in [0.2, 0.25) is 0 Å². The Morgan fingerprint density at radius 1 is 1.40 bits per heavy atom. The summed E-state index contributed by atoms with van der Waals surface area (Å²) in [6, 6.07) is 0. The van der Waals surface area contributed by atoms with Crippen molar-refractivity contribution in [1.29, 1.82) is 0 Å². The van der Waals surface area contributed by atoms with E-state index in [4.69, 9.17) is 0 Å². The third kappa shape index (κ3) is 0.895. The van der Waals surface area contributed by atoms with Gasteiger partial charge < -0.3 is 4.79 Å². The molecule has 56 valence electrons. The normalized spacial score (nSPS) is 35.8. The van der Waals surface area contributed by atoms with Crippen molar-refractivity contribution >= 4 is 18.0 Å². The van der Waals surface area contributed by atoms with Gasteiger partial charge in [-0.25, -0.2) is 0 Å². The van der Waals surface area contributed by atoms with Crippen molar-refractivity contribution in [3.8, 4) is 0 Å². The van der Waals surface area contributed by atoms with Crippen molar-refractivity contribution in [2.75, 3.05) is 11.5 Å². The van der Waals surface area contributed by atoms with E-state index in [0.717, 1.165) is 6.29 Å². The number of hydrogen-bond acceptors (Lipinski definition) is 2. The Morgan fingerprint density at radius 3 is 2.60 bits per heavy atom. The number of aldehydes is 1. The first kappa shape index (κ1) is 6.71. The van der Waals surface area contributed by atoms with Crippen LogP contribution in [0.1, 0.15) is 19.3 Å². The van der Waals surface area contributed by atoms with Gasteiger partial charge in [-0.3, -0.25) is 0 Å². The molecule has 2 aliphatic rings. The van der Waals surface area contributed by atoms with Gasteiger partial charge in [-0.15, -0.1) is 0 Å². The number of carbonyl (C=O) groups excluding carboxylic acids is 1. The molecular formula is C8H12OS. The standard InChI is InChI=1S/C8H12OS/c9-6-7-5-8(7)1-3-10-4-2-8/h6-7H,1-5H2. The molecule has 0 bridgehead atoms. The summed E-state index contributed by atoms with van der Waals surface area (Å²) in [5.41, 5.74) is 0.507. The quantitative estimate of drug-likeness (QED) is 0.538. The van der Waals surface area contributed by atoms with E-state index in [1.807, 2.05) is 11.8 Å². The molecule has 0 N–H and O–H groups in total. The minimum Gasteiger partial charge on any atom is -0.303 e. The minimum absolute atomic E-state index is 0.438. The average molecular weight is 156 g/mol. The summed E-state index contributed by atoms with van der Waals surface area (Å²) >= 11 is 2.03. The van der Waals surface area contributed by atoms with Gasteiger partial charge in [-0.2, -0.15) is 11.8 Å². The number of hydrogen-bond donors (Lipinski definition) is 0. The monoisotopic (exact) mass is 156 g/mol. The van der Waals surface area contributed by atoms with E-state index in [0.29, 0.717) is 11.3 Å². The lowest BCUT2D eigenvalue weighted by atomic mass is 9.97. The summed E-state index contributed by atoms with van der Waals surface area (Å²) in [7, 11) is 0. The van der Waals surface area contributed by atoms with Crippen molar-refractivity contribution in [3.63, 3.8) is 0 Å². The summed E-state index contributed by atoms with van der Waals surface area (Å²) < 4.78 is 0. The lowest BCUT2D eigenvalue weighted by molar-refractivity contribution is -0.109. The van der Waals surface area contributed by atoms with Crippen LogP contribution in [0, 0.1) is 11.3 Å². The van der Waals surface area contributed by atoms with E-state index in [9.17, 15) is 4.79 Å². The highest BCUT2D eigenvalue weighted by molar-refractivity contribution is 7.99. The Morgan fingerprint density at radius 2 is 2.10 bits per heavy atom. The second kappa shape index (κ2) is 2.26. The fourth-order valence-corrected chi connectivity index (χ4v) is 3.23. The van der Waals surface area contributed by atoms with E-state index in [2.05, 4.69) is 0 Å². The highest BCUT2D eigenvalue weighted by atomic mass is 32.2. The fourth-order valence-electron chi connectivity index (χ4n) is 1.92. The average Bonchev–Trinajstić information content (AvgIpc) is 2.65. The SMILES string of the molecule is O=CC1CC12CCSCC2. The van der Waals surface area contributed by atoms with Gasteiger partial charge in [0.15, 0.2) is 0 Å². The van der Waals surface area contributed by atoms with Gasteiger partial charge in [0.05, 0.1) is 0 Å². The van der Waals surface area contributed by atoms with Crippen LogP contribution in [-0.2, 0) is 4.79 Å². The maximum absolute atomic E-state index is 10.4. The molecule has 1 saturated heterocycles. The maximum atomic E-state index is 10.4. The Balaban J connectivity index is 1.97. The predicted molar refractivity (Wildman–Crippen MR) is 43.2 cm³/mol. The lowest BCUT2D eigenvalue weighted by Crippen LogP contribution is -2.13. The zero-order valence-corrected chi connectivity index (χ0v) is 6.82. The van der Waals surface area contributed by atoms with Crippen LogP contribution in [-0.4, -0.2) is 17.8 Å². The first-order chi connectivity index (χ1) is 4.87. The van der Waals surface area contributed by atoms with Crippen LogP contribution in [0.2, 0.25) is 0 Å². The lowest BCUT2D eigenvalue weighted by Gasteiger charge is -2.20. The molecule has 1 atom stereocenters. The highest BCUT2D eigenvalue weighted by Crippen LogP contribution is 2.59. The second-order valence-electron chi connectivity index (χ2n) is 3.42. The molecule has 2 heteroatoms. The van der Waals surface area contributed by atoms with E-state index in [1.165, 1.54) is 30.8 Å². The zero-order valence-electron chi connectivity index (χ0n) is 6.01. The molecule has 0 amide bonds. The zero-order chi connectivity index (χ0) is 7.03. The summed E-state index contributed by atoms with van der Waals surface area (Å²) in [5, 5.41) is 0. The molecular weight excluding hydrogens is 144 g/mol. The third-order valence-corrected chi connectivity index (χ3v) is 3.89. The number of rotatable bonds is 1. The van der Waals surface area contributed by atoms with E-state index in [-0.39, 0.29) is 0 Å². The maximum Gasteiger partial charge on any atom is 0.123 e. The predicted octanol–water partition coefficient (Wildman–Crippen LogP) is 1.72. The molecule has 1 unspecified atom stereocenters. The van der Waals surface area contributed by atoms with Crippen LogP contribution in [0.5, 0.6) is 0 Å². The van der Waals surface area contributed by atoms with Crippen LogP contribution in [0.15, 0.2) is 0 Å². The molecule has 1 aliphatic heterocycles. The minimum atomic E-state index is 0.438. The van der Waals surface area contributed by atoms with Gasteiger partial charge in [0.1, 0.15) is 6.29 Å². The second-order valence-corrected chi connectivity index (χ2v) is 4.65. The van der Waals surface area contributed by atoms with Crippen molar-refractivity contribution in [1.82, 2.24) is 0 Å². The van der Waals surface area contributed by atoms with Crippen molar-refractivity contribution in [2.45, 2.75) is 19.3 Å². The molecule has 1 saturated carbocycles. The molecule has 1 aliphatic carbocycles. The first-order valence-electron chi connectivity index (χ1n) is 3.90. The first-order valence-corrected chi connectivity index (χ1v) is 5.06. The molecule has 0 aromatic carbocycles. The molecule has 0 aromatic heterocycles. The third-order valence-electron chi connectivity index (χ3n) is 2.91. The molecule has 1 heterocycles. The van der Waals surface area contributed by atoms with Crippen LogP contribution in [0.3, 0.4) is 0 Å². The molecule has 0 radical (unpaired) electrons. The smallest absolute Gasteiger partial charge is 0.123 e. The Bertz CT molecular complexity index is 149. The Hall–Kier alpha value is 0.0200. The van der Waals surface area contributed by atoms with Gasteiger partial charge in [0.25, 0.3) is 0 Å². The summed E-state index contributed by atoms with van der Waals surface area (Å²) in [5.74, 6) is 3.00. The number of carbonyl (C=O) groups is 1. The summed E-state index contributed by atoms with van der Waals surface area (Å²) in [6.45, 7) is 0. The summed E-state index contributed by atoms with van der Waals surface area (Å²) in [6.07, 6.45) is 4.94.